The Morgan fingerprint density at radius 3 is 2.78 bits per heavy atom. The first kappa shape index (κ1) is 15.7. The van der Waals surface area contributed by atoms with Gasteiger partial charge in [-0.2, -0.15) is 0 Å². The molecular formula is C19H25N3O. The summed E-state index contributed by atoms with van der Waals surface area (Å²) in [5.41, 5.74) is 4.55. The zero-order valence-electron chi connectivity index (χ0n) is 14.2. The van der Waals surface area contributed by atoms with Crippen molar-refractivity contribution in [2.75, 3.05) is 11.9 Å². The van der Waals surface area contributed by atoms with Crippen LogP contribution >= 0.6 is 0 Å². The second kappa shape index (κ2) is 6.49. The number of hydrogen-bond donors (Lipinski definition) is 1. The highest BCUT2D eigenvalue weighted by Gasteiger charge is 2.31. The first-order chi connectivity index (χ1) is 11.1. The topological polar surface area (TPSA) is 37.3 Å². The van der Waals surface area contributed by atoms with Gasteiger partial charge in [0.05, 0.1) is 6.04 Å². The van der Waals surface area contributed by atoms with Gasteiger partial charge in [-0.05, 0) is 50.1 Å². The SMILES string of the molecule is CCC[C@@H]1c2ccc(C)n2CCN1C(=O)Nc1cccc(C)c1. The molecule has 122 valence electrons. The first-order valence-corrected chi connectivity index (χ1v) is 8.40. The number of aromatic nitrogens is 1. The summed E-state index contributed by atoms with van der Waals surface area (Å²) in [6, 6.07) is 12.4. The third kappa shape index (κ3) is 3.11. The minimum absolute atomic E-state index is 0.000784. The fourth-order valence-electron chi connectivity index (χ4n) is 3.45. The van der Waals surface area contributed by atoms with Crippen molar-refractivity contribution in [2.24, 2.45) is 0 Å². The number of rotatable bonds is 3. The summed E-state index contributed by atoms with van der Waals surface area (Å²) in [7, 11) is 0. The smallest absolute Gasteiger partial charge is 0.322 e. The Hall–Kier alpha value is -2.23. The Kier molecular flexibility index (Phi) is 4.42. The molecule has 0 saturated heterocycles. The number of carbonyl (C=O) groups is 1. The van der Waals surface area contributed by atoms with Crippen LogP contribution in [0.1, 0.15) is 42.8 Å². The quantitative estimate of drug-likeness (QED) is 0.890. The summed E-state index contributed by atoms with van der Waals surface area (Å²) in [5, 5.41) is 3.06. The van der Waals surface area contributed by atoms with Gasteiger partial charge in [-0.1, -0.05) is 25.5 Å². The third-order valence-electron chi connectivity index (χ3n) is 4.61. The highest BCUT2D eigenvalue weighted by Crippen LogP contribution is 2.31. The average Bonchev–Trinajstić information content (AvgIpc) is 2.90. The molecule has 0 saturated carbocycles. The summed E-state index contributed by atoms with van der Waals surface area (Å²) in [6.07, 6.45) is 2.05. The lowest BCUT2D eigenvalue weighted by Crippen LogP contribution is -2.44. The van der Waals surface area contributed by atoms with E-state index < -0.39 is 0 Å². The van der Waals surface area contributed by atoms with Gasteiger partial charge in [0.2, 0.25) is 0 Å². The molecule has 1 aromatic carbocycles. The molecule has 1 aliphatic rings. The normalized spacial score (nSPS) is 17.0. The summed E-state index contributed by atoms with van der Waals surface area (Å²) < 4.78 is 2.34. The molecule has 0 unspecified atom stereocenters. The summed E-state index contributed by atoms with van der Waals surface area (Å²) in [4.78, 5) is 14.8. The van der Waals surface area contributed by atoms with Gasteiger partial charge in [0.15, 0.2) is 0 Å². The van der Waals surface area contributed by atoms with Crippen LogP contribution in [0.5, 0.6) is 0 Å². The minimum atomic E-state index is -0.000784. The molecule has 0 spiro atoms. The molecule has 1 aliphatic heterocycles. The van der Waals surface area contributed by atoms with E-state index in [2.05, 4.69) is 35.9 Å². The third-order valence-corrected chi connectivity index (χ3v) is 4.61. The molecule has 2 aromatic rings. The molecule has 0 fully saturated rings. The molecule has 23 heavy (non-hydrogen) atoms. The van der Waals surface area contributed by atoms with Crippen LogP contribution < -0.4 is 5.32 Å². The molecule has 2 heterocycles. The molecular weight excluding hydrogens is 286 g/mol. The van der Waals surface area contributed by atoms with Crippen LogP contribution in [0.25, 0.3) is 0 Å². The second-order valence-electron chi connectivity index (χ2n) is 6.35. The van der Waals surface area contributed by atoms with Crippen LogP contribution in [0.2, 0.25) is 0 Å². The zero-order chi connectivity index (χ0) is 16.4. The van der Waals surface area contributed by atoms with Gasteiger partial charge >= 0.3 is 6.03 Å². The van der Waals surface area contributed by atoms with E-state index in [4.69, 9.17) is 0 Å². The summed E-state index contributed by atoms with van der Waals surface area (Å²) in [6.45, 7) is 7.97. The maximum Gasteiger partial charge on any atom is 0.322 e. The number of amides is 2. The molecule has 0 bridgehead atoms. The van der Waals surface area contributed by atoms with Crippen molar-refractivity contribution in [3.8, 4) is 0 Å². The van der Waals surface area contributed by atoms with Crippen molar-refractivity contribution < 1.29 is 4.79 Å². The Bertz CT molecular complexity index is 704. The van der Waals surface area contributed by atoms with Crippen LogP contribution in [0.3, 0.4) is 0 Å². The molecule has 4 nitrogen and oxygen atoms in total. The fraction of sp³-hybridized carbons (Fsp3) is 0.421. The van der Waals surface area contributed by atoms with E-state index >= 15 is 0 Å². The summed E-state index contributed by atoms with van der Waals surface area (Å²) >= 11 is 0. The van der Waals surface area contributed by atoms with Gasteiger partial charge < -0.3 is 14.8 Å². The number of fused-ring (bicyclic) bond motifs is 1. The van der Waals surface area contributed by atoms with Crippen LogP contribution in [0.15, 0.2) is 36.4 Å². The van der Waals surface area contributed by atoms with Gasteiger partial charge in [0.1, 0.15) is 0 Å². The molecule has 4 heteroatoms. The molecule has 1 atom stereocenters. The Labute approximate surface area is 138 Å². The van der Waals surface area contributed by atoms with Gasteiger partial charge in [-0.15, -0.1) is 0 Å². The standard InChI is InChI=1S/C19H25N3O/c1-4-6-17-18-10-9-15(3)21(18)11-12-22(17)19(23)20-16-8-5-7-14(2)13-16/h5,7-10,13,17H,4,6,11-12H2,1-3H3,(H,20,23)/t17-/m1/s1. The molecule has 1 aromatic heterocycles. The Morgan fingerprint density at radius 1 is 1.22 bits per heavy atom. The highest BCUT2D eigenvalue weighted by atomic mass is 16.2. The molecule has 0 aliphatic carbocycles. The Balaban J connectivity index is 1.82. The van der Waals surface area contributed by atoms with Crippen molar-refractivity contribution >= 4 is 11.7 Å². The molecule has 0 radical (unpaired) electrons. The minimum Gasteiger partial charge on any atom is -0.345 e. The number of carbonyl (C=O) groups excluding carboxylic acids is 1. The van der Waals surface area contributed by atoms with Crippen LogP contribution in [-0.4, -0.2) is 22.0 Å². The van der Waals surface area contributed by atoms with Crippen molar-refractivity contribution in [2.45, 2.75) is 46.2 Å². The van der Waals surface area contributed by atoms with E-state index in [1.165, 1.54) is 11.4 Å². The van der Waals surface area contributed by atoms with Crippen LogP contribution in [0, 0.1) is 13.8 Å². The van der Waals surface area contributed by atoms with Crippen molar-refractivity contribution in [1.82, 2.24) is 9.47 Å². The van der Waals surface area contributed by atoms with Crippen molar-refractivity contribution in [1.29, 1.82) is 0 Å². The van der Waals surface area contributed by atoms with E-state index in [1.807, 2.05) is 36.1 Å². The maximum atomic E-state index is 12.8. The largest absolute Gasteiger partial charge is 0.345 e. The predicted molar refractivity (Wildman–Crippen MR) is 93.7 cm³/mol. The van der Waals surface area contributed by atoms with Gasteiger partial charge in [0.25, 0.3) is 0 Å². The fourth-order valence-corrected chi connectivity index (χ4v) is 3.45. The van der Waals surface area contributed by atoms with E-state index in [-0.39, 0.29) is 12.1 Å². The number of urea groups is 1. The van der Waals surface area contributed by atoms with Gasteiger partial charge in [-0.3, -0.25) is 0 Å². The molecule has 2 amide bonds. The van der Waals surface area contributed by atoms with Crippen molar-refractivity contribution in [3.63, 3.8) is 0 Å². The van der Waals surface area contributed by atoms with Gasteiger partial charge in [0, 0.05) is 30.2 Å². The highest BCUT2D eigenvalue weighted by molar-refractivity contribution is 5.89. The van der Waals surface area contributed by atoms with Crippen molar-refractivity contribution in [3.05, 3.63) is 53.3 Å². The van der Waals surface area contributed by atoms with Crippen LogP contribution in [0.4, 0.5) is 10.5 Å². The molecule has 1 N–H and O–H groups in total. The molecule has 3 rings (SSSR count). The lowest BCUT2D eigenvalue weighted by Gasteiger charge is -2.37. The summed E-state index contributed by atoms with van der Waals surface area (Å²) in [5.74, 6) is 0. The van der Waals surface area contributed by atoms with E-state index in [1.54, 1.807) is 0 Å². The Morgan fingerprint density at radius 2 is 2.04 bits per heavy atom. The lowest BCUT2D eigenvalue weighted by molar-refractivity contribution is 0.162. The first-order valence-electron chi connectivity index (χ1n) is 8.40. The van der Waals surface area contributed by atoms with E-state index in [9.17, 15) is 4.79 Å². The maximum absolute atomic E-state index is 12.8. The predicted octanol–water partition coefficient (Wildman–Crippen LogP) is 4.49. The number of benzene rings is 1. The number of anilines is 1. The van der Waals surface area contributed by atoms with Gasteiger partial charge in [-0.25, -0.2) is 4.79 Å². The number of nitrogens with one attached hydrogen (secondary N) is 1. The number of hydrogen-bond acceptors (Lipinski definition) is 1. The van der Waals surface area contributed by atoms with E-state index in [0.29, 0.717) is 0 Å². The number of nitrogens with zero attached hydrogens (tertiary/aromatic N) is 2. The zero-order valence-corrected chi connectivity index (χ0v) is 14.2. The second-order valence-corrected chi connectivity index (χ2v) is 6.35. The monoisotopic (exact) mass is 311 g/mol. The average molecular weight is 311 g/mol. The van der Waals surface area contributed by atoms with E-state index in [0.717, 1.165) is 37.2 Å². The number of aryl methyl sites for hydroxylation is 2. The van der Waals surface area contributed by atoms with Crippen LogP contribution in [-0.2, 0) is 6.54 Å². The lowest BCUT2D eigenvalue weighted by atomic mass is 10.0.